The summed E-state index contributed by atoms with van der Waals surface area (Å²) >= 11 is 7.66. The molecule has 212 valence electrons. The summed E-state index contributed by atoms with van der Waals surface area (Å²) in [5.74, 6) is 2.26. The van der Waals surface area contributed by atoms with Crippen LogP contribution >= 0.6 is 22.9 Å². The van der Waals surface area contributed by atoms with Crippen LogP contribution in [0.5, 0.6) is 11.5 Å². The van der Waals surface area contributed by atoms with E-state index in [-0.39, 0.29) is 22.8 Å². The van der Waals surface area contributed by atoms with Gasteiger partial charge in [-0.15, -0.1) is 6.42 Å². The van der Waals surface area contributed by atoms with Crippen LogP contribution in [0, 0.1) is 18.2 Å². The standard InChI is InChI=1S/C32H25ClFN3O4S/c1-4-15-41-29-24(33)16-20(17-25(29)40-5-2)18-26-31(39)37-28(21-11-13-22(34)14-12-21)27(19(3)35-32(37)42-26)30(38)36-23-9-7-6-8-10-23/h1,6-14,16-18,28H,5,15H2,2-3H3,(H,36,38)/b26-18-/t28-/m0/s1. The first-order chi connectivity index (χ1) is 20.3. The second-order valence-corrected chi connectivity index (χ2v) is 10.6. The monoisotopic (exact) mass is 601 g/mol. The van der Waals surface area contributed by atoms with Crippen LogP contribution in [0.25, 0.3) is 6.08 Å². The molecule has 1 aliphatic heterocycles. The number of nitrogens with one attached hydrogen (secondary N) is 1. The molecule has 0 unspecified atom stereocenters. The molecule has 1 atom stereocenters. The number of carbonyl (C=O) groups is 1. The number of benzene rings is 3. The molecule has 1 amide bonds. The lowest BCUT2D eigenvalue weighted by molar-refractivity contribution is -0.113. The van der Waals surface area contributed by atoms with Crippen molar-refractivity contribution in [2.24, 2.45) is 4.99 Å². The van der Waals surface area contributed by atoms with Crippen LogP contribution in [0.2, 0.25) is 5.02 Å². The lowest BCUT2D eigenvalue weighted by Crippen LogP contribution is -2.40. The third-order valence-corrected chi connectivity index (χ3v) is 7.68. The Morgan fingerprint density at radius 2 is 1.93 bits per heavy atom. The quantitative estimate of drug-likeness (QED) is 0.286. The van der Waals surface area contributed by atoms with Gasteiger partial charge >= 0.3 is 0 Å². The van der Waals surface area contributed by atoms with Crippen LogP contribution < -0.4 is 29.7 Å². The molecule has 0 spiro atoms. The first-order valence-corrected chi connectivity index (χ1v) is 14.2. The molecule has 4 aromatic rings. The maximum absolute atomic E-state index is 13.9. The normalized spacial score (nSPS) is 14.5. The molecular formula is C32H25ClFN3O4S. The minimum atomic E-state index is -0.838. The summed E-state index contributed by atoms with van der Waals surface area (Å²) in [5, 5.41) is 3.16. The maximum atomic E-state index is 13.9. The fourth-order valence-electron chi connectivity index (χ4n) is 4.63. The Bertz CT molecular complexity index is 1910. The molecule has 2 heterocycles. The summed E-state index contributed by atoms with van der Waals surface area (Å²) in [5.41, 5.74) is 2.11. The highest BCUT2D eigenvalue weighted by atomic mass is 35.5. The number of terminal acetylenes is 1. The maximum Gasteiger partial charge on any atom is 0.271 e. The highest BCUT2D eigenvalue weighted by molar-refractivity contribution is 7.07. The van der Waals surface area contributed by atoms with Gasteiger partial charge in [-0.2, -0.15) is 0 Å². The van der Waals surface area contributed by atoms with Gasteiger partial charge in [-0.05, 0) is 67.4 Å². The Morgan fingerprint density at radius 1 is 1.19 bits per heavy atom. The fraction of sp³-hybridized carbons (Fsp3) is 0.156. The van der Waals surface area contributed by atoms with Crippen molar-refractivity contribution in [2.45, 2.75) is 19.9 Å². The zero-order chi connectivity index (χ0) is 29.8. The fourth-order valence-corrected chi connectivity index (χ4v) is 5.95. The first kappa shape index (κ1) is 28.9. The predicted octanol–water partition coefficient (Wildman–Crippen LogP) is 5.08. The Hall–Kier alpha value is -4.65. The number of carbonyl (C=O) groups excluding carboxylic acids is 1. The summed E-state index contributed by atoms with van der Waals surface area (Å²) in [6, 6.07) is 17.2. The van der Waals surface area contributed by atoms with Gasteiger partial charge in [-0.3, -0.25) is 14.2 Å². The van der Waals surface area contributed by atoms with Crippen LogP contribution in [-0.2, 0) is 4.79 Å². The summed E-state index contributed by atoms with van der Waals surface area (Å²) in [7, 11) is 0. The van der Waals surface area contributed by atoms with E-state index in [0.717, 1.165) is 0 Å². The van der Waals surface area contributed by atoms with Gasteiger partial charge in [0.1, 0.15) is 12.4 Å². The molecule has 10 heteroatoms. The second kappa shape index (κ2) is 12.5. The number of amides is 1. The largest absolute Gasteiger partial charge is 0.490 e. The number of anilines is 1. The van der Waals surface area contributed by atoms with E-state index in [1.54, 1.807) is 61.5 Å². The number of rotatable bonds is 8. The number of thiazole rings is 1. The zero-order valence-corrected chi connectivity index (χ0v) is 24.3. The first-order valence-electron chi connectivity index (χ1n) is 13.0. The van der Waals surface area contributed by atoms with Crippen LogP contribution in [-0.4, -0.2) is 23.7 Å². The molecule has 0 saturated heterocycles. The Morgan fingerprint density at radius 3 is 2.62 bits per heavy atom. The van der Waals surface area contributed by atoms with E-state index >= 15 is 0 Å². The van der Waals surface area contributed by atoms with Crippen LogP contribution in [0.15, 0.2) is 87.8 Å². The predicted molar refractivity (Wildman–Crippen MR) is 162 cm³/mol. The third-order valence-electron chi connectivity index (χ3n) is 6.41. The molecule has 0 fully saturated rings. The lowest BCUT2D eigenvalue weighted by atomic mass is 9.95. The van der Waals surface area contributed by atoms with Crippen LogP contribution in [0.1, 0.15) is 31.0 Å². The Balaban J connectivity index is 1.64. The van der Waals surface area contributed by atoms with Crippen molar-refractivity contribution >= 4 is 40.6 Å². The number of halogens is 2. The number of ether oxygens (including phenoxy) is 2. The van der Waals surface area contributed by atoms with Crippen molar-refractivity contribution in [1.29, 1.82) is 0 Å². The average molecular weight is 602 g/mol. The molecule has 3 aromatic carbocycles. The number of hydrogen-bond donors (Lipinski definition) is 1. The van der Waals surface area contributed by atoms with E-state index in [2.05, 4.69) is 16.2 Å². The molecule has 42 heavy (non-hydrogen) atoms. The van der Waals surface area contributed by atoms with Crippen molar-refractivity contribution in [3.05, 3.63) is 120 Å². The molecule has 0 aliphatic carbocycles. The smallest absolute Gasteiger partial charge is 0.271 e. The molecule has 7 nitrogen and oxygen atoms in total. The van der Waals surface area contributed by atoms with E-state index in [1.165, 1.54) is 28.0 Å². The summed E-state index contributed by atoms with van der Waals surface area (Å²) in [4.78, 5) is 32.6. The van der Waals surface area contributed by atoms with Crippen molar-refractivity contribution in [3.8, 4) is 23.8 Å². The highest BCUT2D eigenvalue weighted by Gasteiger charge is 2.32. The topological polar surface area (TPSA) is 81.9 Å². The van der Waals surface area contributed by atoms with Gasteiger partial charge in [0.05, 0.1) is 33.5 Å². The SMILES string of the molecule is C#CCOc1c(Cl)cc(/C=c2\sc3n(c2=O)[C@@H](c2ccc(F)cc2)C(C(=O)Nc2ccccc2)=C(C)N=3)cc1OCC. The summed E-state index contributed by atoms with van der Waals surface area (Å²) < 4.78 is 27.0. The van der Waals surface area contributed by atoms with Crippen molar-refractivity contribution in [3.63, 3.8) is 0 Å². The van der Waals surface area contributed by atoms with Crippen LogP contribution in [0.4, 0.5) is 10.1 Å². The molecule has 1 aromatic heterocycles. The van der Waals surface area contributed by atoms with E-state index in [0.29, 0.717) is 50.0 Å². The van der Waals surface area contributed by atoms with Gasteiger partial charge in [-0.25, -0.2) is 9.38 Å². The summed E-state index contributed by atoms with van der Waals surface area (Å²) in [6.07, 6.45) is 7.00. The van der Waals surface area contributed by atoms with Gasteiger partial charge in [0.25, 0.3) is 11.5 Å². The number of nitrogens with zero attached hydrogens (tertiary/aromatic N) is 2. The van der Waals surface area contributed by atoms with E-state index < -0.39 is 17.8 Å². The number of aromatic nitrogens is 1. The van der Waals surface area contributed by atoms with E-state index in [1.807, 2.05) is 13.0 Å². The molecule has 0 radical (unpaired) electrons. The molecule has 0 bridgehead atoms. The minimum Gasteiger partial charge on any atom is -0.490 e. The van der Waals surface area contributed by atoms with Crippen molar-refractivity contribution in [2.75, 3.05) is 18.5 Å². The highest BCUT2D eigenvalue weighted by Crippen LogP contribution is 2.37. The van der Waals surface area contributed by atoms with Gasteiger partial charge < -0.3 is 14.8 Å². The third kappa shape index (κ3) is 5.86. The lowest BCUT2D eigenvalue weighted by Gasteiger charge is -2.25. The van der Waals surface area contributed by atoms with E-state index in [4.69, 9.17) is 27.5 Å². The number of hydrogen-bond acceptors (Lipinski definition) is 6. The van der Waals surface area contributed by atoms with Gasteiger partial charge in [-0.1, -0.05) is 59.2 Å². The van der Waals surface area contributed by atoms with Crippen LogP contribution in [0.3, 0.4) is 0 Å². The Labute approximate surface area is 250 Å². The number of fused-ring (bicyclic) bond motifs is 1. The minimum absolute atomic E-state index is 0.0145. The Kier molecular flexibility index (Phi) is 8.57. The molecule has 1 aliphatic rings. The average Bonchev–Trinajstić information content (AvgIpc) is 3.27. The van der Waals surface area contributed by atoms with Crippen molar-refractivity contribution < 1.29 is 18.7 Å². The molecule has 1 N–H and O–H groups in total. The zero-order valence-electron chi connectivity index (χ0n) is 22.7. The number of allylic oxidation sites excluding steroid dienone is 1. The molecular weight excluding hydrogens is 577 g/mol. The van der Waals surface area contributed by atoms with Gasteiger partial charge in [0.2, 0.25) is 0 Å². The van der Waals surface area contributed by atoms with Gasteiger partial charge in [0.15, 0.2) is 16.3 Å². The van der Waals surface area contributed by atoms with Gasteiger partial charge in [0, 0.05) is 5.69 Å². The second-order valence-electron chi connectivity index (χ2n) is 9.21. The number of para-hydroxylation sites is 1. The molecule has 0 saturated carbocycles. The van der Waals surface area contributed by atoms with E-state index in [9.17, 15) is 14.0 Å². The summed E-state index contributed by atoms with van der Waals surface area (Å²) in [6.45, 7) is 3.92. The molecule has 5 rings (SSSR count). The van der Waals surface area contributed by atoms with Crippen molar-refractivity contribution in [1.82, 2.24) is 4.57 Å².